The molecular weight excluding hydrogens is 836 g/mol. The monoisotopic (exact) mass is 888 g/mol. The molecule has 67 heavy (non-hydrogen) atoms. The van der Waals surface area contributed by atoms with Gasteiger partial charge in [-0.1, -0.05) is 189 Å². The molecule has 10 rings (SSSR count). The van der Waals surface area contributed by atoms with Crippen LogP contribution in [-0.2, 0) is 11.8 Å². The minimum absolute atomic E-state index is 0.243. The van der Waals surface area contributed by atoms with E-state index < -0.39 is 5.41 Å². The molecular formula is C63H53FN2S. The molecule has 2 aliphatic carbocycles. The van der Waals surface area contributed by atoms with Crippen LogP contribution in [0.2, 0.25) is 0 Å². The van der Waals surface area contributed by atoms with E-state index in [1.807, 2.05) is 64.8 Å². The van der Waals surface area contributed by atoms with E-state index in [1.54, 1.807) is 23.8 Å². The third-order valence-corrected chi connectivity index (χ3v) is 13.9. The zero-order valence-electron chi connectivity index (χ0n) is 38.4. The fourth-order valence-corrected chi connectivity index (χ4v) is 10.8. The van der Waals surface area contributed by atoms with Crippen LogP contribution in [0, 0.1) is 31.0 Å². The minimum Gasteiger partial charge on any atom is -0.310 e. The van der Waals surface area contributed by atoms with Crippen LogP contribution < -0.4 is 4.90 Å². The molecule has 8 aromatic rings. The molecule has 0 amide bonds. The van der Waals surface area contributed by atoms with Gasteiger partial charge in [0.1, 0.15) is 5.82 Å². The summed E-state index contributed by atoms with van der Waals surface area (Å²) in [5.74, 6) is -0.388. The van der Waals surface area contributed by atoms with E-state index in [0.717, 1.165) is 50.2 Å². The standard InChI is InChI=1S/C43H33FN2.C13H12S.C7H8/c1-6-34(24-30(5)28-45)46(35-21-15-20-33(44)26-35)41-27-40-42(37(8-3)36(41)7-2)38-23-22-29(4)25-39(38)43(40,31-16-11-9-12-17-31)32-18-13-10-14-19-32;1-9-5-4-7-11-10-6-2-3-8-12(10)14-13(9)11;1-7-5-3-2-4-6-7/h6-27H,1-3,5H2,4H3;2-3,5-6,8H,4,7H2,1H3;2-6H,1H3/b34-24+;;. The van der Waals surface area contributed by atoms with Crippen LogP contribution in [0.4, 0.5) is 15.8 Å². The zero-order chi connectivity index (χ0) is 47.1. The summed E-state index contributed by atoms with van der Waals surface area (Å²) >= 11 is 1.94. The first-order valence-electron chi connectivity index (χ1n) is 22.5. The molecule has 0 saturated carbocycles. The van der Waals surface area contributed by atoms with Gasteiger partial charge in [-0.25, -0.2) is 4.39 Å². The Bertz CT molecular complexity index is 3210. The Hall–Kier alpha value is -7.84. The molecule has 4 heteroatoms. The van der Waals surface area contributed by atoms with Crippen LogP contribution in [-0.4, -0.2) is 0 Å². The van der Waals surface area contributed by atoms with E-state index in [1.165, 1.54) is 56.6 Å². The normalized spacial score (nSPS) is 12.9. The maximum absolute atomic E-state index is 14.9. The fourth-order valence-electron chi connectivity index (χ4n) is 9.59. The van der Waals surface area contributed by atoms with Crippen LogP contribution in [0.3, 0.4) is 0 Å². The van der Waals surface area contributed by atoms with Crippen molar-refractivity contribution in [3.63, 3.8) is 0 Å². The lowest BCUT2D eigenvalue weighted by Gasteiger charge is -2.36. The van der Waals surface area contributed by atoms with E-state index in [-0.39, 0.29) is 11.4 Å². The average molecular weight is 889 g/mol. The van der Waals surface area contributed by atoms with Gasteiger partial charge in [-0.05, 0) is 132 Å². The fraction of sp³-hybridized carbons (Fsp3) is 0.0952. The first-order chi connectivity index (χ1) is 32.6. The Kier molecular flexibility index (Phi) is 13.7. The number of allylic oxidation sites excluding steroid dienone is 5. The van der Waals surface area contributed by atoms with Gasteiger partial charge in [0.05, 0.1) is 17.2 Å². The first-order valence-corrected chi connectivity index (χ1v) is 23.3. The van der Waals surface area contributed by atoms with Crippen molar-refractivity contribution in [1.82, 2.24) is 0 Å². The molecule has 2 aliphatic rings. The third kappa shape index (κ3) is 8.83. The number of halogens is 1. The number of rotatable bonds is 9. The molecule has 328 valence electrons. The Morgan fingerprint density at radius 1 is 0.701 bits per heavy atom. The molecule has 1 heterocycles. The zero-order valence-corrected chi connectivity index (χ0v) is 39.2. The molecule has 0 saturated heterocycles. The van der Waals surface area contributed by atoms with Gasteiger partial charge in [-0.2, -0.15) is 5.26 Å². The molecule has 0 spiro atoms. The number of nitriles is 1. The van der Waals surface area contributed by atoms with Gasteiger partial charge >= 0.3 is 0 Å². The van der Waals surface area contributed by atoms with Gasteiger partial charge in [0.15, 0.2) is 0 Å². The Morgan fingerprint density at radius 3 is 1.94 bits per heavy atom. The van der Waals surface area contributed by atoms with Gasteiger partial charge in [0.2, 0.25) is 0 Å². The summed E-state index contributed by atoms with van der Waals surface area (Å²) in [6.07, 6.45) is 11.8. The number of benzene rings is 7. The van der Waals surface area contributed by atoms with Crippen molar-refractivity contribution in [3.05, 3.63) is 280 Å². The molecule has 0 fully saturated rings. The van der Waals surface area contributed by atoms with Gasteiger partial charge in [0, 0.05) is 32.1 Å². The maximum Gasteiger partial charge on any atom is 0.125 e. The highest BCUT2D eigenvalue weighted by Gasteiger charge is 2.48. The predicted octanol–water partition coefficient (Wildman–Crippen LogP) is 17.3. The summed E-state index contributed by atoms with van der Waals surface area (Å²) in [5.41, 5.74) is 15.3. The number of thiophene rings is 1. The first kappa shape index (κ1) is 45.7. The van der Waals surface area contributed by atoms with Crippen molar-refractivity contribution in [2.45, 2.75) is 39.0 Å². The molecule has 0 unspecified atom stereocenters. The SMILES string of the molecule is C=C/C(=C\C(=C)C#N)N(c1cccc(F)c1)c1cc2c(c(C=C)c1C=C)-c1ccc(C)cc1C2(c1ccccc1)c1ccccc1.CC1=CCCc2c1sc1ccccc21.Cc1ccccc1. The predicted molar refractivity (Wildman–Crippen MR) is 285 cm³/mol. The van der Waals surface area contributed by atoms with Crippen molar-refractivity contribution in [2.24, 2.45) is 0 Å². The lowest BCUT2D eigenvalue weighted by Crippen LogP contribution is -2.29. The number of hydrogen-bond donors (Lipinski definition) is 0. The molecule has 0 atom stereocenters. The molecule has 1 aromatic heterocycles. The van der Waals surface area contributed by atoms with Crippen LogP contribution in [0.25, 0.3) is 38.9 Å². The molecule has 0 aliphatic heterocycles. The Labute approximate surface area is 399 Å². The van der Waals surface area contributed by atoms with E-state index >= 15 is 0 Å². The van der Waals surface area contributed by atoms with Crippen molar-refractivity contribution >= 4 is 50.5 Å². The number of nitrogens with zero attached hydrogens (tertiary/aromatic N) is 2. The second-order valence-corrected chi connectivity index (χ2v) is 17.8. The van der Waals surface area contributed by atoms with Crippen molar-refractivity contribution < 1.29 is 4.39 Å². The number of aryl methyl sites for hydroxylation is 3. The highest BCUT2D eigenvalue weighted by atomic mass is 32.1. The van der Waals surface area contributed by atoms with Crippen LogP contribution >= 0.6 is 11.3 Å². The summed E-state index contributed by atoms with van der Waals surface area (Å²) < 4.78 is 16.3. The van der Waals surface area contributed by atoms with Gasteiger partial charge in [-0.15, -0.1) is 11.3 Å². The summed E-state index contributed by atoms with van der Waals surface area (Å²) in [6, 6.07) is 57.4. The lowest BCUT2D eigenvalue weighted by molar-refractivity contribution is 0.628. The van der Waals surface area contributed by atoms with Crippen LogP contribution in [0.5, 0.6) is 0 Å². The van der Waals surface area contributed by atoms with E-state index in [0.29, 0.717) is 11.4 Å². The molecule has 2 nitrogen and oxygen atoms in total. The smallest absolute Gasteiger partial charge is 0.125 e. The average Bonchev–Trinajstić information content (AvgIpc) is 3.88. The third-order valence-electron chi connectivity index (χ3n) is 12.5. The van der Waals surface area contributed by atoms with Crippen molar-refractivity contribution in [3.8, 4) is 17.2 Å². The maximum atomic E-state index is 14.9. The van der Waals surface area contributed by atoms with Crippen LogP contribution in [0.1, 0.15) is 68.3 Å². The van der Waals surface area contributed by atoms with Crippen molar-refractivity contribution in [2.75, 3.05) is 4.90 Å². The largest absolute Gasteiger partial charge is 0.310 e. The molecule has 7 aromatic carbocycles. The minimum atomic E-state index is -0.687. The number of hydrogen-bond acceptors (Lipinski definition) is 3. The quantitative estimate of drug-likeness (QED) is 0.107. The van der Waals surface area contributed by atoms with Gasteiger partial charge in [0.25, 0.3) is 0 Å². The molecule has 0 N–H and O–H groups in total. The molecule has 0 radical (unpaired) electrons. The second-order valence-electron chi connectivity index (χ2n) is 16.8. The van der Waals surface area contributed by atoms with E-state index in [2.05, 4.69) is 168 Å². The summed E-state index contributed by atoms with van der Waals surface area (Å²) in [5, 5.41) is 11.1. The van der Waals surface area contributed by atoms with E-state index in [4.69, 9.17) is 0 Å². The molecule has 0 bridgehead atoms. The van der Waals surface area contributed by atoms with Gasteiger partial charge in [-0.3, -0.25) is 0 Å². The lowest BCUT2D eigenvalue weighted by atomic mass is 9.67. The summed E-state index contributed by atoms with van der Waals surface area (Å²) in [7, 11) is 0. The number of anilines is 2. The van der Waals surface area contributed by atoms with Crippen molar-refractivity contribution in [1.29, 1.82) is 5.26 Å². The highest BCUT2D eigenvalue weighted by molar-refractivity contribution is 7.20. The summed E-state index contributed by atoms with van der Waals surface area (Å²) in [4.78, 5) is 3.43. The topological polar surface area (TPSA) is 27.0 Å². The van der Waals surface area contributed by atoms with Crippen LogP contribution in [0.15, 0.2) is 220 Å². The second kappa shape index (κ2) is 20.1. The van der Waals surface area contributed by atoms with E-state index in [9.17, 15) is 9.65 Å². The highest BCUT2D eigenvalue weighted by Crippen LogP contribution is 2.59. The summed E-state index contributed by atoms with van der Waals surface area (Å²) in [6.45, 7) is 22.9. The Morgan fingerprint density at radius 2 is 1.34 bits per heavy atom. The number of fused-ring (bicyclic) bond motifs is 6. The van der Waals surface area contributed by atoms with Gasteiger partial charge < -0.3 is 4.90 Å². The Balaban J connectivity index is 0.000000234.